The van der Waals surface area contributed by atoms with Crippen molar-refractivity contribution < 1.29 is 9.47 Å². The second-order valence-electron chi connectivity index (χ2n) is 8.22. The Labute approximate surface area is 173 Å². The van der Waals surface area contributed by atoms with Crippen LogP contribution < -0.4 is 36.3 Å². The lowest BCUT2D eigenvalue weighted by Crippen LogP contribution is -2.41. The summed E-state index contributed by atoms with van der Waals surface area (Å²) >= 11 is 0. The van der Waals surface area contributed by atoms with Gasteiger partial charge in [-0.2, -0.15) is 4.98 Å². The van der Waals surface area contributed by atoms with Gasteiger partial charge in [0.15, 0.2) is 11.5 Å². The van der Waals surface area contributed by atoms with E-state index in [1.54, 1.807) is 24.4 Å². The average Bonchev–Trinajstić information content (AvgIpc) is 3.17. The molecule has 0 fully saturated rings. The van der Waals surface area contributed by atoms with Crippen LogP contribution in [0.5, 0.6) is 11.5 Å². The van der Waals surface area contributed by atoms with Gasteiger partial charge in [0.1, 0.15) is 17.2 Å². The Morgan fingerprint density at radius 2 is 1.73 bits per heavy atom. The van der Waals surface area contributed by atoms with Crippen LogP contribution in [-0.4, -0.2) is 22.8 Å². The van der Waals surface area contributed by atoms with Crippen LogP contribution in [-0.2, 0) is 0 Å². The Morgan fingerprint density at radius 1 is 1.00 bits per heavy atom. The third-order valence-corrected chi connectivity index (χ3v) is 5.11. The lowest BCUT2D eigenvalue weighted by atomic mass is 9.87. The fourth-order valence-electron chi connectivity index (χ4n) is 2.80. The van der Waals surface area contributed by atoms with Gasteiger partial charge in [0.05, 0.1) is 0 Å². The van der Waals surface area contributed by atoms with E-state index in [0.29, 0.717) is 23.3 Å². The molecule has 2 heterocycles. The zero-order valence-electron chi connectivity index (χ0n) is 17.2. The van der Waals surface area contributed by atoms with Gasteiger partial charge in [0.25, 0.3) is 10.9 Å². The fourth-order valence-corrected chi connectivity index (χ4v) is 2.80. The predicted octanol–water partition coefficient (Wildman–Crippen LogP) is 3.14. The molecule has 4 rings (SSSR count). The van der Waals surface area contributed by atoms with E-state index in [0.717, 1.165) is 5.69 Å². The molecule has 30 heavy (non-hydrogen) atoms. The number of hydrogen-bond acceptors (Lipinski definition) is 9. The summed E-state index contributed by atoms with van der Waals surface area (Å²) in [5.41, 5.74) is 0.0547. The number of ether oxygens (including phenoxy) is 2. The van der Waals surface area contributed by atoms with E-state index in [-0.39, 0.29) is 29.6 Å². The van der Waals surface area contributed by atoms with Crippen molar-refractivity contribution in [2.75, 3.05) is 22.7 Å². The normalized spacial score (nSPS) is 13.9. The number of rotatable bonds is 6. The van der Waals surface area contributed by atoms with Crippen molar-refractivity contribution in [3.8, 4) is 11.5 Å². The topological polar surface area (TPSA) is 114 Å². The molecule has 1 atom stereocenters. The maximum atomic E-state index is 12.1. The molecule has 3 N–H and O–H groups in total. The molecule has 1 aliphatic rings. The fraction of sp³-hybridized carbons (Fsp3) is 0.333. The molecule has 0 bridgehead atoms. The first-order chi connectivity index (χ1) is 14.2. The number of nitrogens with zero attached hydrogens (tertiary/aromatic N) is 2. The third-order valence-electron chi connectivity index (χ3n) is 5.11. The van der Waals surface area contributed by atoms with Gasteiger partial charge in [-0.15, -0.1) is 0 Å². The Balaban J connectivity index is 1.51. The minimum Gasteiger partial charge on any atom is -0.454 e. The number of anilines is 5. The van der Waals surface area contributed by atoms with E-state index in [1.807, 2.05) is 13.0 Å². The van der Waals surface area contributed by atoms with Crippen LogP contribution in [0.4, 0.5) is 28.8 Å². The van der Waals surface area contributed by atoms with Gasteiger partial charge in [-0.3, -0.25) is 9.59 Å². The number of aromatic nitrogens is 2. The van der Waals surface area contributed by atoms with Crippen molar-refractivity contribution in [1.29, 1.82) is 0 Å². The summed E-state index contributed by atoms with van der Waals surface area (Å²) in [5.74, 6) is 2.05. The average molecular weight is 409 g/mol. The summed E-state index contributed by atoms with van der Waals surface area (Å²) in [6.07, 6.45) is 1.56. The van der Waals surface area contributed by atoms with Crippen LogP contribution in [0.3, 0.4) is 0 Å². The highest BCUT2D eigenvalue weighted by Gasteiger charge is 2.27. The zero-order valence-corrected chi connectivity index (χ0v) is 17.2. The first-order valence-corrected chi connectivity index (χ1v) is 9.59. The molecule has 0 radical (unpaired) electrons. The lowest BCUT2D eigenvalue weighted by molar-refractivity contribution is 0.174. The van der Waals surface area contributed by atoms with Crippen LogP contribution in [0.25, 0.3) is 0 Å². The number of nitrogens with one attached hydrogen (secondary N) is 3. The molecule has 9 heteroatoms. The van der Waals surface area contributed by atoms with Crippen LogP contribution >= 0.6 is 0 Å². The van der Waals surface area contributed by atoms with Crippen molar-refractivity contribution in [3.63, 3.8) is 0 Å². The second kappa shape index (κ2) is 7.33. The second-order valence-corrected chi connectivity index (χ2v) is 8.22. The molecular weight excluding hydrogens is 386 g/mol. The Morgan fingerprint density at radius 3 is 2.50 bits per heavy atom. The van der Waals surface area contributed by atoms with E-state index in [1.165, 1.54) is 0 Å². The minimum atomic E-state index is -0.567. The Kier molecular flexibility index (Phi) is 4.81. The van der Waals surface area contributed by atoms with Gasteiger partial charge in [-0.25, -0.2) is 4.98 Å². The predicted molar refractivity (Wildman–Crippen MR) is 115 cm³/mol. The van der Waals surface area contributed by atoms with Crippen LogP contribution in [0.2, 0.25) is 0 Å². The highest BCUT2D eigenvalue weighted by Crippen LogP contribution is 2.35. The van der Waals surface area contributed by atoms with Crippen molar-refractivity contribution >= 4 is 28.8 Å². The van der Waals surface area contributed by atoms with E-state index in [4.69, 9.17) is 9.47 Å². The quantitative estimate of drug-likeness (QED) is 0.528. The smallest absolute Gasteiger partial charge is 0.253 e. The summed E-state index contributed by atoms with van der Waals surface area (Å²) in [4.78, 5) is 32.7. The maximum absolute atomic E-state index is 12.1. The van der Waals surface area contributed by atoms with E-state index in [2.05, 4.69) is 46.7 Å². The molecule has 0 aliphatic carbocycles. The Hall–Kier alpha value is -3.62. The lowest BCUT2D eigenvalue weighted by Gasteiger charge is -2.30. The van der Waals surface area contributed by atoms with Gasteiger partial charge >= 0.3 is 0 Å². The van der Waals surface area contributed by atoms with E-state index >= 15 is 0 Å². The summed E-state index contributed by atoms with van der Waals surface area (Å²) in [6, 6.07) is 7.03. The summed E-state index contributed by atoms with van der Waals surface area (Å²) < 4.78 is 10.7. The molecule has 0 saturated carbocycles. The SMILES string of the molecule is CC(Nc1c(Nc2ccnc(Nc3ccc4c(c3)OCO4)n2)c(=O)c1=O)C(C)(C)C. The molecule has 156 valence electrons. The molecule has 9 nitrogen and oxygen atoms in total. The first-order valence-electron chi connectivity index (χ1n) is 9.59. The van der Waals surface area contributed by atoms with Gasteiger partial charge in [-0.1, -0.05) is 20.8 Å². The van der Waals surface area contributed by atoms with Crippen molar-refractivity contribution in [3.05, 3.63) is 50.9 Å². The zero-order chi connectivity index (χ0) is 21.5. The number of fused-ring (bicyclic) bond motifs is 1. The monoisotopic (exact) mass is 409 g/mol. The number of hydrogen-bond donors (Lipinski definition) is 3. The third kappa shape index (κ3) is 3.78. The minimum absolute atomic E-state index is 0.00464. The standard InChI is InChI=1S/C21H23N5O4/c1-11(21(2,3)4)23-16-17(19(28)18(16)27)25-15-7-8-22-20(26-15)24-12-5-6-13-14(9-12)30-10-29-13/h5-9,11,23H,10H2,1-4H3,(H2,22,24,25,26). The van der Waals surface area contributed by atoms with Gasteiger partial charge < -0.3 is 25.4 Å². The van der Waals surface area contributed by atoms with Crippen molar-refractivity contribution in [2.24, 2.45) is 5.41 Å². The van der Waals surface area contributed by atoms with Gasteiger partial charge in [-0.05, 0) is 30.5 Å². The Bertz CT molecular complexity index is 1160. The molecule has 0 spiro atoms. The van der Waals surface area contributed by atoms with Gasteiger partial charge in [0.2, 0.25) is 12.7 Å². The molecule has 0 amide bonds. The van der Waals surface area contributed by atoms with E-state index < -0.39 is 10.9 Å². The molecule has 0 saturated heterocycles. The van der Waals surface area contributed by atoms with E-state index in [9.17, 15) is 9.59 Å². The van der Waals surface area contributed by atoms with Crippen molar-refractivity contribution in [1.82, 2.24) is 9.97 Å². The molecule has 1 aromatic heterocycles. The molecule has 2 aromatic carbocycles. The number of benzene rings is 1. The maximum Gasteiger partial charge on any atom is 0.253 e. The summed E-state index contributed by atoms with van der Waals surface area (Å²) in [7, 11) is 0. The summed E-state index contributed by atoms with van der Waals surface area (Å²) in [6.45, 7) is 8.34. The molecule has 1 aliphatic heterocycles. The molecule has 1 unspecified atom stereocenters. The van der Waals surface area contributed by atoms with Crippen LogP contribution in [0, 0.1) is 5.41 Å². The molecular formula is C21H23N5O4. The highest BCUT2D eigenvalue weighted by molar-refractivity contribution is 5.78. The largest absolute Gasteiger partial charge is 0.454 e. The van der Waals surface area contributed by atoms with Crippen LogP contribution in [0.15, 0.2) is 40.1 Å². The van der Waals surface area contributed by atoms with Crippen molar-refractivity contribution in [2.45, 2.75) is 33.7 Å². The first kappa shape index (κ1) is 19.7. The molecule has 3 aromatic rings. The van der Waals surface area contributed by atoms with Crippen LogP contribution in [0.1, 0.15) is 27.7 Å². The summed E-state index contributed by atoms with van der Waals surface area (Å²) in [5, 5.41) is 9.18. The van der Waals surface area contributed by atoms with Gasteiger partial charge in [0, 0.05) is 24.0 Å². The highest BCUT2D eigenvalue weighted by atomic mass is 16.7.